The van der Waals surface area contributed by atoms with Gasteiger partial charge < -0.3 is 10.4 Å². The molecule has 2 aromatic carbocycles. The molecule has 8 nitrogen and oxygen atoms in total. The van der Waals surface area contributed by atoms with E-state index in [-0.39, 0.29) is 34.3 Å². The fourth-order valence-electron chi connectivity index (χ4n) is 3.48. The number of thioether (sulfide) groups is 1. The third-order valence-electron chi connectivity index (χ3n) is 4.98. The van der Waals surface area contributed by atoms with Crippen LogP contribution in [0.3, 0.4) is 0 Å². The Morgan fingerprint density at radius 2 is 1.73 bits per heavy atom. The Kier molecular flexibility index (Phi) is 6.50. The maximum atomic E-state index is 13.4. The van der Waals surface area contributed by atoms with Crippen LogP contribution < -0.4 is 10.2 Å². The lowest BCUT2D eigenvalue weighted by molar-refractivity contribution is -0.137. The van der Waals surface area contributed by atoms with Gasteiger partial charge in [-0.15, -0.1) is 0 Å². The average Bonchev–Trinajstić information content (AvgIpc) is 3.20. The number of para-hydroxylation sites is 1. The highest BCUT2D eigenvalue weighted by Gasteiger charge is 2.42. The topological polar surface area (TPSA) is 107 Å². The highest BCUT2D eigenvalue weighted by molar-refractivity contribution is 8.26. The number of amides is 3. The lowest BCUT2D eigenvalue weighted by atomic mass is 10.1. The van der Waals surface area contributed by atoms with Gasteiger partial charge in [-0.05, 0) is 30.3 Å². The molecule has 11 heteroatoms. The van der Waals surface area contributed by atoms with Crippen molar-refractivity contribution < 1.29 is 24.3 Å². The van der Waals surface area contributed by atoms with E-state index in [0.717, 1.165) is 11.8 Å². The monoisotopic (exact) mass is 501 g/mol. The summed E-state index contributed by atoms with van der Waals surface area (Å²) in [5, 5.41) is 12.2. The third kappa shape index (κ3) is 4.63. The summed E-state index contributed by atoms with van der Waals surface area (Å²) in [6.07, 6.45) is -0.267. The molecule has 168 valence electrons. The molecule has 1 saturated heterocycles. The maximum absolute atomic E-state index is 13.4. The van der Waals surface area contributed by atoms with Crippen LogP contribution in [0.25, 0.3) is 5.57 Å². The minimum Gasteiger partial charge on any atom is -0.481 e. The molecule has 2 aliphatic rings. The number of aliphatic carboxylic acids is 1. The van der Waals surface area contributed by atoms with Crippen LogP contribution >= 0.6 is 35.6 Å². The molecule has 1 fully saturated rings. The van der Waals surface area contributed by atoms with Crippen molar-refractivity contribution in [3.63, 3.8) is 0 Å². The summed E-state index contributed by atoms with van der Waals surface area (Å²) in [5.41, 5.74) is 1.70. The van der Waals surface area contributed by atoms with E-state index in [1.807, 2.05) is 0 Å². The Morgan fingerprint density at radius 3 is 2.42 bits per heavy atom. The number of carbonyl (C=O) groups is 4. The van der Waals surface area contributed by atoms with Crippen LogP contribution in [0, 0.1) is 0 Å². The summed E-state index contributed by atoms with van der Waals surface area (Å²) in [5.74, 6) is -2.49. The van der Waals surface area contributed by atoms with E-state index in [0.29, 0.717) is 22.0 Å². The number of rotatable bonds is 6. The summed E-state index contributed by atoms with van der Waals surface area (Å²) in [4.78, 5) is 52.5. The lowest BCUT2D eigenvalue weighted by Gasteiger charge is -2.16. The Labute approximate surface area is 203 Å². The molecular weight excluding hydrogens is 486 g/mol. The van der Waals surface area contributed by atoms with Crippen molar-refractivity contribution in [2.24, 2.45) is 0 Å². The molecule has 0 spiro atoms. The highest BCUT2D eigenvalue weighted by atomic mass is 35.5. The van der Waals surface area contributed by atoms with Crippen LogP contribution in [0.2, 0.25) is 5.02 Å². The summed E-state index contributed by atoms with van der Waals surface area (Å²) in [6, 6.07) is 13.4. The van der Waals surface area contributed by atoms with E-state index in [4.69, 9.17) is 28.9 Å². The number of hydrogen-bond donors (Lipinski definition) is 2. The zero-order valence-electron chi connectivity index (χ0n) is 16.9. The number of benzene rings is 2. The number of halogens is 1. The molecule has 2 heterocycles. The number of fused-ring (bicyclic) bond motifs is 1. The number of carbonyl (C=O) groups excluding carboxylic acids is 3. The largest absolute Gasteiger partial charge is 0.481 e. The molecular formula is C22H16ClN3O5S2. The predicted molar refractivity (Wildman–Crippen MR) is 130 cm³/mol. The number of carboxylic acid groups (broad SMARTS) is 1. The maximum Gasteiger partial charge on any atom is 0.305 e. The first-order valence-corrected chi connectivity index (χ1v) is 11.3. The summed E-state index contributed by atoms with van der Waals surface area (Å²) >= 11 is 12.1. The SMILES string of the molecule is O=C(O)CCN1C(=O)C(=C2C(=O)N(CC(=O)Nc3ccc(Cl)cc3)c3ccccc32)SC1=S. The zero-order valence-corrected chi connectivity index (χ0v) is 19.3. The van der Waals surface area contributed by atoms with Gasteiger partial charge in [-0.3, -0.25) is 29.0 Å². The molecule has 0 unspecified atom stereocenters. The molecule has 2 aromatic rings. The van der Waals surface area contributed by atoms with E-state index in [9.17, 15) is 19.2 Å². The Morgan fingerprint density at radius 1 is 1.03 bits per heavy atom. The number of hydrogen-bond acceptors (Lipinski definition) is 6. The second-order valence-corrected chi connectivity index (χ2v) is 9.22. The van der Waals surface area contributed by atoms with Crippen molar-refractivity contribution >= 4 is 80.5 Å². The van der Waals surface area contributed by atoms with E-state index in [1.54, 1.807) is 48.5 Å². The quantitative estimate of drug-likeness (QED) is 0.461. The van der Waals surface area contributed by atoms with Crippen LogP contribution in [0.15, 0.2) is 53.4 Å². The van der Waals surface area contributed by atoms with Gasteiger partial charge in [0.25, 0.3) is 11.8 Å². The van der Waals surface area contributed by atoms with Gasteiger partial charge in [0.15, 0.2) is 0 Å². The summed E-state index contributed by atoms with van der Waals surface area (Å²) in [6.45, 7) is -0.346. The fourth-order valence-corrected chi connectivity index (χ4v) is 4.99. The molecule has 0 radical (unpaired) electrons. The number of thiocarbonyl (C=S) groups is 1. The van der Waals surface area contributed by atoms with Crippen molar-refractivity contribution in [2.75, 3.05) is 23.3 Å². The van der Waals surface area contributed by atoms with Gasteiger partial charge in [0.2, 0.25) is 5.91 Å². The minimum absolute atomic E-state index is 0.0835. The van der Waals surface area contributed by atoms with Crippen LogP contribution in [0.5, 0.6) is 0 Å². The lowest BCUT2D eigenvalue weighted by Crippen LogP contribution is -2.35. The summed E-state index contributed by atoms with van der Waals surface area (Å²) in [7, 11) is 0. The normalized spacial score (nSPS) is 17.5. The van der Waals surface area contributed by atoms with Gasteiger partial charge in [0, 0.05) is 22.8 Å². The van der Waals surface area contributed by atoms with E-state index >= 15 is 0 Å². The van der Waals surface area contributed by atoms with Crippen molar-refractivity contribution in [1.29, 1.82) is 0 Å². The second-order valence-electron chi connectivity index (χ2n) is 7.14. The van der Waals surface area contributed by atoms with E-state index < -0.39 is 23.7 Å². The van der Waals surface area contributed by atoms with Gasteiger partial charge in [-0.1, -0.05) is 53.8 Å². The third-order valence-corrected chi connectivity index (χ3v) is 6.68. The van der Waals surface area contributed by atoms with Gasteiger partial charge in [-0.2, -0.15) is 0 Å². The summed E-state index contributed by atoms with van der Waals surface area (Å²) < 4.78 is 0.188. The highest BCUT2D eigenvalue weighted by Crippen LogP contribution is 2.44. The molecule has 4 rings (SSSR count). The second kappa shape index (κ2) is 9.34. The van der Waals surface area contributed by atoms with Crippen molar-refractivity contribution in [3.05, 3.63) is 64.0 Å². The van der Waals surface area contributed by atoms with Crippen LogP contribution in [-0.4, -0.2) is 51.1 Å². The standard InChI is InChI=1S/C22H16ClN3O5S2/c23-12-5-7-13(8-6-12)24-16(27)11-26-15-4-2-1-3-14(15)18(20(26)30)19-21(31)25(22(32)33-19)10-9-17(28)29/h1-8H,9-11H2,(H,24,27)(H,28,29). The fraction of sp³-hybridized carbons (Fsp3) is 0.136. The molecule has 2 aliphatic heterocycles. The Bertz CT molecular complexity index is 1230. The number of nitrogens with one attached hydrogen (secondary N) is 1. The van der Waals surface area contributed by atoms with Crippen LogP contribution in [0.4, 0.5) is 11.4 Å². The molecule has 0 aromatic heterocycles. The first kappa shape index (κ1) is 23.0. The molecule has 0 aliphatic carbocycles. The molecule has 3 amide bonds. The average molecular weight is 502 g/mol. The first-order valence-electron chi connectivity index (χ1n) is 9.72. The molecule has 2 N–H and O–H groups in total. The predicted octanol–water partition coefficient (Wildman–Crippen LogP) is 3.37. The van der Waals surface area contributed by atoms with Crippen molar-refractivity contribution in [1.82, 2.24) is 4.90 Å². The van der Waals surface area contributed by atoms with Gasteiger partial charge in [0.05, 0.1) is 22.6 Å². The van der Waals surface area contributed by atoms with Gasteiger partial charge in [-0.25, -0.2) is 0 Å². The van der Waals surface area contributed by atoms with E-state index in [1.165, 1.54) is 9.80 Å². The van der Waals surface area contributed by atoms with Gasteiger partial charge in [0.1, 0.15) is 10.9 Å². The smallest absolute Gasteiger partial charge is 0.305 e. The van der Waals surface area contributed by atoms with Crippen molar-refractivity contribution in [2.45, 2.75) is 6.42 Å². The molecule has 0 atom stereocenters. The van der Waals surface area contributed by atoms with E-state index in [2.05, 4.69) is 5.32 Å². The Balaban J connectivity index is 1.61. The van der Waals surface area contributed by atoms with Crippen LogP contribution in [-0.2, 0) is 19.2 Å². The van der Waals surface area contributed by atoms with Crippen molar-refractivity contribution in [3.8, 4) is 0 Å². The first-order chi connectivity index (χ1) is 15.8. The van der Waals surface area contributed by atoms with Gasteiger partial charge >= 0.3 is 5.97 Å². The molecule has 0 saturated carbocycles. The number of anilines is 2. The zero-order chi connectivity index (χ0) is 23.7. The molecule has 33 heavy (non-hydrogen) atoms. The minimum atomic E-state index is -1.06. The number of carboxylic acids is 1. The Hall–Kier alpha value is -3.21. The molecule has 0 bridgehead atoms. The number of nitrogens with zero attached hydrogens (tertiary/aromatic N) is 2. The van der Waals surface area contributed by atoms with Crippen LogP contribution in [0.1, 0.15) is 12.0 Å².